The largest absolute Gasteiger partial charge is 0.495 e. The van der Waals surface area contributed by atoms with E-state index in [-0.39, 0.29) is 12.0 Å². The maximum absolute atomic E-state index is 12.8. The number of ether oxygens (including phenoxy) is 1. The van der Waals surface area contributed by atoms with Crippen molar-refractivity contribution in [3.05, 3.63) is 76.7 Å². The molecule has 0 aliphatic carbocycles. The summed E-state index contributed by atoms with van der Waals surface area (Å²) in [5, 5.41) is 12.7. The number of aliphatic hydroxyl groups is 1. The van der Waals surface area contributed by atoms with Gasteiger partial charge >= 0.3 is 0 Å². The van der Waals surface area contributed by atoms with Crippen molar-refractivity contribution >= 4 is 17.2 Å². The first-order valence-corrected chi connectivity index (χ1v) is 11.4. The van der Waals surface area contributed by atoms with Gasteiger partial charge in [-0.3, -0.25) is 9.69 Å². The SMILES string of the molecule is COc1cc(-c2ccccc2)sc1C(=O)NCc1ccc(CN2CCC(O)CC2)cc1. The van der Waals surface area contributed by atoms with Crippen molar-refractivity contribution in [2.24, 2.45) is 0 Å². The number of hydrogen-bond acceptors (Lipinski definition) is 5. The summed E-state index contributed by atoms with van der Waals surface area (Å²) in [6.07, 6.45) is 1.55. The van der Waals surface area contributed by atoms with Gasteiger partial charge in [-0.05, 0) is 35.6 Å². The number of likely N-dealkylation sites (tertiary alicyclic amines) is 1. The van der Waals surface area contributed by atoms with Crippen molar-refractivity contribution in [2.75, 3.05) is 20.2 Å². The van der Waals surface area contributed by atoms with Crippen LogP contribution in [0.25, 0.3) is 10.4 Å². The zero-order valence-electron chi connectivity index (χ0n) is 17.7. The highest BCUT2D eigenvalue weighted by Crippen LogP contribution is 2.36. The Balaban J connectivity index is 1.35. The highest BCUT2D eigenvalue weighted by atomic mass is 32.1. The molecule has 1 aliphatic heterocycles. The van der Waals surface area contributed by atoms with Gasteiger partial charge in [0.25, 0.3) is 5.91 Å². The van der Waals surface area contributed by atoms with E-state index in [1.54, 1.807) is 7.11 Å². The molecule has 162 valence electrons. The molecule has 1 fully saturated rings. The van der Waals surface area contributed by atoms with Crippen LogP contribution in [0.15, 0.2) is 60.7 Å². The van der Waals surface area contributed by atoms with Crippen LogP contribution in [0.1, 0.15) is 33.6 Å². The molecule has 0 spiro atoms. The smallest absolute Gasteiger partial charge is 0.265 e. The fourth-order valence-corrected chi connectivity index (χ4v) is 4.84. The Morgan fingerprint density at radius 1 is 1.10 bits per heavy atom. The summed E-state index contributed by atoms with van der Waals surface area (Å²) >= 11 is 1.44. The van der Waals surface area contributed by atoms with Crippen LogP contribution in [0.4, 0.5) is 0 Å². The number of piperidine rings is 1. The number of aliphatic hydroxyl groups excluding tert-OH is 1. The number of nitrogens with zero attached hydrogens (tertiary/aromatic N) is 1. The summed E-state index contributed by atoms with van der Waals surface area (Å²) in [6.45, 7) is 3.24. The number of amides is 1. The Labute approximate surface area is 187 Å². The fourth-order valence-electron chi connectivity index (χ4n) is 3.79. The van der Waals surface area contributed by atoms with E-state index in [0.29, 0.717) is 17.2 Å². The number of nitrogens with one attached hydrogen (secondary N) is 1. The molecule has 1 aromatic heterocycles. The van der Waals surface area contributed by atoms with Crippen LogP contribution in [0.2, 0.25) is 0 Å². The van der Waals surface area contributed by atoms with E-state index in [2.05, 4.69) is 34.5 Å². The third-order valence-electron chi connectivity index (χ3n) is 5.62. The van der Waals surface area contributed by atoms with Crippen molar-refractivity contribution in [1.82, 2.24) is 10.2 Å². The molecule has 0 radical (unpaired) electrons. The molecule has 2 N–H and O–H groups in total. The number of carbonyl (C=O) groups is 1. The average Bonchev–Trinajstić information content (AvgIpc) is 3.25. The lowest BCUT2D eigenvalue weighted by molar-refractivity contribution is 0.0792. The predicted molar refractivity (Wildman–Crippen MR) is 124 cm³/mol. The van der Waals surface area contributed by atoms with Crippen molar-refractivity contribution < 1.29 is 14.6 Å². The molecule has 3 aromatic rings. The molecule has 31 heavy (non-hydrogen) atoms. The third-order valence-corrected chi connectivity index (χ3v) is 6.79. The summed E-state index contributed by atoms with van der Waals surface area (Å²) in [7, 11) is 1.59. The fraction of sp³-hybridized carbons (Fsp3) is 0.320. The highest BCUT2D eigenvalue weighted by molar-refractivity contribution is 7.17. The van der Waals surface area contributed by atoms with Crippen LogP contribution in [-0.2, 0) is 13.1 Å². The van der Waals surface area contributed by atoms with Crippen LogP contribution in [0.5, 0.6) is 5.75 Å². The van der Waals surface area contributed by atoms with Crippen LogP contribution < -0.4 is 10.1 Å². The zero-order valence-corrected chi connectivity index (χ0v) is 18.5. The minimum atomic E-state index is -0.145. The molecular weight excluding hydrogens is 408 g/mol. The summed E-state index contributed by atoms with van der Waals surface area (Å²) in [5.41, 5.74) is 3.38. The maximum Gasteiger partial charge on any atom is 0.265 e. The number of methoxy groups -OCH3 is 1. The molecule has 4 rings (SSSR count). The molecule has 5 nitrogen and oxygen atoms in total. The van der Waals surface area contributed by atoms with Gasteiger partial charge in [-0.15, -0.1) is 11.3 Å². The molecule has 0 unspecified atom stereocenters. The van der Waals surface area contributed by atoms with Gasteiger partial charge in [-0.2, -0.15) is 0 Å². The monoisotopic (exact) mass is 436 g/mol. The van der Waals surface area contributed by atoms with E-state index in [0.717, 1.165) is 48.5 Å². The Morgan fingerprint density at radius 2 is 1.77 bits per heavy atom. The minimum Gasteiger partial charge on any atom is -0.495 e. The van der Waals surface area contributed by atoms with Gasteiger partial charge in [0.1, 0.15) is 10.6 Å². The van der Waals surface area contributed by atoms with E-state index in [1.165, 1.54) is 16.9 Å². The van der Waals surface area contributed by atoms with E-state index < -0.39 is 0 Å². The lowest BCUT2D eigenvalue weighted by Crippen LogP contribution is -2.35. The molecule has 2 heterocycles. The number of carbonyl (C=O) groups excluding carboxylic acids is 1. The Kier molecular flexibility index (Phi) is 7.02. The van der Waals surface area contributed by atoms with Crippen molar-refractivity contribution in [3.8, 4) is 16.2 Å². The molecular formula is C25H28N2O3S. The lowest BCUT2D eigenvalue weighted by atomic mass is 10.1. The van der Waals surface area contributed by atoms with Gasteiger partial charge in [0.2, 0.25) is 0 Å². The van der Waals surface area contributed by atoms with E-state index in [1.807, 2.05) is 36.4 Å². The predicted octanol–water partition coefficient (Wildman–Crippen LogP) is 4.31. The molecule has 1 amide bonds. The van der Waals surface area contributed by atoms with Gasteiger partial charge in [0.15, 0.2) is 0 Å². The first kappa shape index (κ1) is 21.6. The summed E-state index contributed by atoms with van der Waals surface area (Å²) < 4.78 is 5.44. The van der Waals surface area contributed by atoms with Crippen molar-refractivity contribution in [2.45, 2.75) is 32.0 Å². The number of benzene rings is 2. The average molecular weight is 437 g/mol. The maximum atomic E-state index is 12.8. The number of rotatable bonds is 7. The normalized spacial score (nSPS) is 15.0. The summed E-state index contributed by atoms with van der Waals surface area (Å²) in [4.78, 5) is 16.8. The first-order chi connectivity index (χ1) is 15.1. The highest BCUT2D eigenvalue weighted by Gasteiger charge is 2.18. The molecule has 2 aromatic carbocycles. The molecule has 0 saturated carbocycles. The third kappa shape index (κ3) is 5.53. The van der Waals surface area contributed by atoms with Crippen molar-refractivity contribution in [1.29, 1.82) is 0 Å². The van der Waals surface area contributed by atoms with Crippen LogP contribution in [0.3, 0.4) is 0 Å². The zero-order chi connectivity index (χ0) is 21.6. The molecule has 6 heteroatoms. The molecule has 0 bridgehead atoms. The van der Waals surface area contributed by atoms with Gasteiger partial charge in [-0.1, -0.05) is 54.6 Å². The van der Waals surface area contributed by atoms with Gasteiger partial charge < -0.3 is 15.2 Å². The van der Waals surface area contributed by atoms with Crippen molar-refractivity contribution in [3.63, 3.8) is 0 Å². The quantitative estimate of drug-likeness (QED) is 0.579. The van der Waals surface area contributed by atoms with Gasteiger partial charge in [0.05, 0.1) is 13.2 Å². The summed E-state index contributed by atoms with van der Waals surface area (Å²) in [6, 6.07) is 20.3. The Bertz CT molecular complexity index is 993. The summed E-state index contributed by atoms with van der Waals surface area (Å²) in [5.74, 6) is 0.475. The number of hydrogen-bond donors (Lipinski definition) is 2. The minimum absolute atomic E-state index is 0.125. The second-order valence-electron chi connectivity index (χ2n) is 7.88. The standard InChI is InChI=1S/C25H28N2O3S/c1-30-22-15-23(20-5-3-2-4-6-20)31-24(22)25(29)26-16-18-7-9-19(10-8-18)17-27-13-11-21(28)12-14-27/h2-10,15,21,28H,11-14,16-17H2,1H3,(H,26,29). The first-order valence-electron chi connectivity index (χ1n) is 10.6. The lowest BCUT2D eigenvalue weighted by Gasteiger charge is -2.29. The van der Waals surface area contributed by atoms with E-state index >= 15 is 0 Å². The second-order valence-corrected chi connectivity index (χ2v) is 8.93. The molecule has 1 aliphatic rings. The number of thiophene rings is 1. The molecule has 0 atom stereocenters. The van der Waals surface area contributed by atoms with E-state index in [4.69, 9.17) is 4.74 Å². The second kappa shape index (κ2) is 10.1. The van der Waals surface area contributed by atoms with Crippen LogP contribution in [-0.4, -0.2) is 42.2 Å². The molecule has 1 saturated heterocycles. The van der Waals surface area contributed by atoms with Crippen LogP contribution in [0, 0.1) is 0 Å². The van der Waals surface area contributed by atoms with E-state index in [9.17, 15) is 9.90 Å². The Hall–Kier alpha value is -2.67. The topological polar surface area (TPSA) is 61.8 Å². The van der Waals surface area contributed by atoms with Gasteiger partial charge in [-0.25, -0.2) is 0 Å². The van der Waals surface area contributed by atoms with Gasteiger partial charge in [0, 0.05) is 31.1 Å². The van der Waals surface area contributed by atoms with Crippen LogP contribution >= 0.6 is 11.3 Å². The Morgan fingerprint density at radius 3 is 2.45 bits per heavy atom.